The first-order valence-corrected chi connectivity index (χ1v) is 6.43. The first-order valence-electron chi connectivity index (χ1n) is 5.20. The molecule has 0 saturated heterocycles. The Bertz CT molecular complexity index is 200. The lowest BCUT2D eigenvalue weighted by atomic mass is 10.1. The Morgan fingerprint density at radius 2 is 2.29 bits per heavy atom. The molecule has 1 atom stereocenters. The number of nitrogens with one attached hydrogen (secondary N) is 1. The number of amides is 1. The molecule has 0 heterocycles. The molecule has 0 radical (unpaired) electrons. The molecule has 82 valence electrons. The Kier molecular flexibility index (Phi) is 4.26. The topological polar surface area (TPSA) is 55.1 Å². The van der Waals surface area contributed by atoms with Crippen LogP contribution in [-0.2, 0) is 4.79 Å². The van der Waals surface area contributed by atoms with Crippen LogP contribution >= 0.6 is 11.8 Å². The molecule has 3 nitrogen and oxygen atoms in total. The Morgan fingerprint density at radius 1 is 1.64 bits per heavy atom. The third-order valence-electron chi connectivity index (χ3n) is 2.97. The van der Waals surface area contributed by atoms with E-state index in [1.165, 1.54) is 12.8 Å². The van der Waals surface area contributed by atoms with Gasteiger partial charge in [0.1, 0.15) is 0 Å². The molecule has 1 saturated carbocycles. The average molecular weight is 216 g/mol. The summed E-state index contributed by atoms with van der Waals surface area (Å²) in [7, 11) is 0. The zero-order valence-electron chi connectivity index (χ0n) is 9.01. The SMILES string of the molecule is CCC(CN)C(=O)NCC1(SC)CC1. The van der Waals surface area contributed by atoms with Crippen LogP contribution in [0.1, 0.15) is 26.2 Å². The fraction of sp³-hybridized carbons (Fsp3) is 0.900. The van der Waals surface area contributed by atoms with Gasteiger partial charge < -0.3 is 11.1 Å². The third-order valence-corrected chi connectivity index (χ3v) is 4.39. The molecule has 0 aromatic rings. The second-order valence-corrected chi connectivity index (χ2v) is 5.22. The number of hydrogen-bond donors (Lipinski definition) is 2. The zero-order valence-corrected chi connectivity index (χ0v) is 9.82. The normalized spacial score (nSPS) is 20.2. The summed E-state index contributed by atoms with van der Waals surface area (Å²) in [5.74, 6) is 0.114. The monoisotopic (exact) mass is 216 g/mol. The molecule has 0 aliphatic heterocycles. The summed E-state index contributed by atoms with van der Waals surface area (Å²) in [5.41, 5.74) is 5.51. The van der Waals surface area contributed by atoms with Gasteiger partial charge in [0.05, 0.1) is 0 Å². The minimum atomic E-state index is -0.00680. The van der Waals surface area contributed by atoms with Crippen molar-refractivity contribution in [3.63, 3.8) is 0 Å². The minimum absolute atomic E-state index is 0.00680. The van der Waals surface area contributed by atoms with Gasteiger partial charge in [-0.15, -0.1) is 0 Å². The standard InChI is InChI=1S/C10H20N2OS/c1-3-8(6-11)9(13)12-7-10(14-2)4-5-10/h8H,3-7,11H2,1-2H3,(H,12,13). The van der Waals surface area contributed by atoms with Crippen molar-refractivity contribution in [2.75, 3.05) is 19.3 Å². The van der Waals surface area contributed by atoms with Gasteiger partial charge in [0.2, 0.25) is 5.91 Å². The molecule has 1 amide bonds. The van der Waals surface area contributed by atoms with Gasteiger partial charge in [0, 0.05) is 23.8 Å². The summed E-state index contributed by atoms with van der Waals surface area (Å²) in [4.78, 5) is 11.6. The van der Waals surface area contributed by atoms with E-state index in [4.69, 9.17) is 5.73 Å². The first kappa shape index (κ1) is 11.9. The van der Waals surface area contributed by atoms with Crippen molar-refractivity contribution in [2.24, 2.45) is 11.7 Å². The van der Waals surface area contributed by atoms with Crippen molar-refractivity contribution >= 4 is 17.7 Å². The van der Waals surface area contributed by atoms with Crippen molar-refractivity contribution < 1.29 is 4.79 Å². The Morgan fingerprint density at radius 3 is 2.64 bits per heavy atom. The number of carbonyl (C=O) groups excluding carboxylic acids is 1. The number of thioether (sulfide) groups is 1. The van der Waals surface area contributed by atoms with E-state index in [0.29, 0.717) is 11.3 Å². The molecule has 1 fully saturated rings. The van der Waals surface area contributed by atoms with Gasteiger partial charge >= 0.3 is 0 Å². The minimum Gasteiger partial charge on any atom is -0.354 e. The van der Waals surface area contributed by atoms with Crippen LogP contribution < -0.4 is 11.1 Å². The van der Waals surface area contributed by atoms with E-state index < -0.39 is 0 Å². The van der Waals surface area contributed by atoms with Crippen molar-refractivity contribution in [3.8, 4) is 0 Å². The molecule has 1 aliphatic carbocycles. The summed E-state index contributed by atoms with van der Waals surface area (Å²) in [6, 6.07) is 0. The van der Waals surface area contributed by atoms with Crippen LogP contribution in [0.4, 0.5) is 0 Å². The molecule has 1 unspecified atom stereocenters. The van der Waals surface area contributed by atoms with E-state index in [1.54, 1.807) is 0 Å². The highest BCUT2D eigenvalue weighted by atomic mass is 32.2. The molecule has 0 spiro atoms. The largest absolute Gasteiger partial charge is 0.354 e. The van der Waals surface area contributed by atoms with Crippen LogP contribution in [0, 0.1) is 5.92 Å². The van der Waals surface area contributed by atoms with Crippen molar-refractivity contribution in [1.82, 2.24) is 5.32 Å². The smallest absolute Gasteiger partial charge is 0.224 e. The van der Waals surface area contributed by atoms with Crippen molar-refractivity contribution in [2.45, 2.75) is 30.9 Å². The van der Waals surface area contributed by atoms with Crippen molar-refractivity contribution in [3.05, 3.63) is 0 Å². The number of hydrogen-bond acceptors (Lipinski definition) is 3. The molecular formula is C10H20N2OS. The molecule has 0 aromatic carbocycles. The van der Waals surface area contributed by atoms with E-state index in [0.717, 1.165) is 13.0 Å². The lowest BCUT2D eigenvalue weighted by Crippen LogP contribution is -2.38. The summed E-state index contributed by atoms with van der Waals surface area (Å²) in [5, 5.41) is 3.00. The second kappa shape index (κ2) is 5.03. The van der Waals surface area contributed by atoms with Crippen LogP contribution in [0.2, 0.25) is 0 Å². The van der Waals surface area contributed by atoms with E-state index in [1.807, 2.05) is 18.7 Å². The van der Waals surface area contributed by atoms with Gasteiger partial charge in [-0.1, -0.05) is 6.92 Å². The number of carbonyl (C=O) groups is 1. The fourth-order valence-corrected chi connectivity index (χ4v) is 2.17. The molecule has 4 heteroatoms. The average Bonchev–Trinajstić information content (AvgIpc) is 2.97. The molecule has 3 N–H and O–H groups in total. The van der Waals surface area contributed by atoms with Gasteiger partial charge in [-0.05, 0) is 25.5 Å². The fourth-order valence-electron chi connectivity index (χ4n) is 1.44. The van der Waals surface area contributed by atoms with Crippen molar-refractivity contribution in [1.29, 1.82) is 0 Å². The maximum Gasteiger partial charge on any atom is 0.224 e. The molecule has 0 bridgehead atoms. The quantitative estimate of drug-likeness (QED) is 0.696. The highest BCUT2D eigenvalue weighted by Crippen LogP contribution is 2.46. The maximum atomic E-state index is 11.6. The zero-order chi connectivity index (χ0) is 10.6. The highest BCUT2D eigenvalue weighted by molar-refractivity contribution is 8.00. The Balaban J connectivity index is 2.27. The number of rotatable bonds is 6. The van der Waals surface area contributed by atoms with Gasteiger partial charge in [0.15, 0.2) is 0 Å². The first-order chi connectivity index (χ1) is 6.67. The van der Waals surface area contributed by atoms with Crippen LogP contribution in [-0.4, -0.2) is 30.0 Å². The lowest BCUT2D eigenvalue weighted by molar-refractivity contribution is -0.124. The number of nitrogens with two attached hydrogens (primary N) is 1. The summed E-state index contributed by atoms with van der Waals surface area (Å²) in [6.45, 7) is 3.26. The Hall–Kier alpha value is -0.220. The van der Waals surface area contributed by atoms with E-state index >= 15 is 0 Å². The lowest BCUT2D eigenvalue weighted by Gasteiger charge is -2.16. The predicted molar refractivity (Wildman–Crippen MR) is 61.3 cm³/mol. The van der Waals surface area contributed by atoms with Gasteiger partial charge in [-0.3, -0.25) is 4.79 Å². The molecule has 14 heavy (non-hydrogen) atoms. The summed E-state index contributed by atoms with van der Waals surface area (Å²) in [6.07, 6.45) is 5.40. The van der Waals surface area contributed by atoms with Gasteiger partial charge in [-0.25, -0.2) is 0 Å². The van der Waals surface area contributed by atoms with Gasteiger partial charge in [-0.2, -0.15) is 11.8 Å². The highest BCUT2D eigenvalue weighted by Gasteiger charge is 2.42. The predicted octanol–water partition coefficient (Wildman–Crippen LogP) is 0.983. The van der Waals surface area contributed by atoms with E-state index in [9.17, 15) is 4.79 Å². The molecule has 1 aliphatic rings. The summed E-state index contributed by atoms with van der Waals surface area (Å²) >= 11 is 1.86. The van der Waals surface area contributed by atoms with E-state index in [-0.39, 0.29) is 11.8 Å². The van der Waals surface area contributed by atoms with E-state index in [2.05, 4.69) is 11.6 Å². The molecule has 1 rings (SSSR count). The maximum absolute atomic E-state index is 11.6. The van der Waals surface area contributed by atoms with Crippen LogP contribution in [0.25, 0.3) is 0 Å². The second-order valence-electron chi connectivity index (χ2n) is 3.95. The summed E-state index contributed by atoms with van der Waals surface area (Å²) < 4.78 is 0.350. The van der Waals surface area contributed by atoms with Crippen LogP contribution in [0.5, 0.6) is 0 Å². The molecule has 0 aromatic heterocycles. The third kappa shape index (κ3) is 2.89. The Labute approximate surface area is 90.2 Å². The van der Waals surface area contributed by atoms with Crippen LogP contribution in [0.3, 0.4) is 0 Å². The van der Waals surface area contributed by atoms with Crippen LogP contribution in [0.15, 0.2) is 0 Å². The molecular weight excluding hydrogens is 196 g/mol. The van der Waals surface area contributed by atoms with Gasteiger partial charge in [0.25, 0.3) is 0 Å².